The summed E-state index contributed by atoms with van der Waals surface area (Å²) in [4.78, 5) is 24.9. The van der Waals surface area contributed by atoms with Gasteiger partial charge in [0.2, 0.25) is 0 Å². The van der Waals surface area contributed by atoms with Crippen LogP contribution in [0.25, 0.3) is 0 Å². The normalized spacial score (nSPS) is 16.0. The molecule has 1 fully saturated rings. The first-order chi connectivity index (χ1) is 10.8. The molecule has 1 aliphatic rings. The number of hydrogen-bond donors (Lipinski definition) is 1. The summed E-state index contributed by atoms with van der Waals surface area (Å²) in [5.74, 6) is -0.637. The minimum Gasteiger partial charge on any atom is -0.489 e. The van der Waals surface area contributed by atoms with Crippen molar-refractivity contribution in [2.75, 3.05) is 13.1 Å². The second-order valence-electron chi connectivity index (χ2n) is 6.59. The third kappa shape index (κ3) is 4.87. The fourth-order valence-corrected chi connectivity index (χ4v) is 2.41. The minimum atomic E-state index is -1.01. The highest BCUT2D eigenvalue weighted by Crippen LogP contribution is 2.23. The number of carboxylic acids is 1. The van der Waals surface area contributed by atoms with Crippen LogP contribution in [0.15, 0.2) is 24.3 Å². The molecule has 1 N–H and O–H groups in total. The van der Waals surface area contributed by atoms with Crippen LogP contribution < -0.4 is 4.74 Å². The van der Waals surface area contributed by atoms with E-state index in [-0.39, 0.29) is 17.8 Å². The maximum Gasteiger partial charge on any atom is 0.410 e. The summed E-state index contributed by atoms with van der Waals surface area (Å²) in [6.07, 6.45) is 0.872. The molecule has 0 atom stereocenters. The molecule has 0 unspecified atom stereocenters. The summed E-state index contributed by atoms with van der Waals surface area (Å²) in [6.45, 7) is 6.58. The number of piperidine rings is 1. The van der Waals surface area contributed by atoms with Crippen molar-refractivity contribution in [2.24, 2.45) is 0 Å². The van der Waals surface area contributed by atoms with Crippen LogP contribution in [0.3, 0.4) is 0 Å². The summed E-state index contributed by atoms with van der Waals surface area (Å²) in [7, 11) is 0. The van der Waals surface area contributed by atoms with Gasteiger partial charge in [0.1, 0.15) is 23.0 Å². The number of ether oxygens (including phenoxy) is 2. The molecule has 0 aromatic heterocycles. The molecule has 6 nitrogen and oxygen atoms in total. The highest BCUT2D eigenvalue weighted by Gasteiger charge is 2.28. The summed E-state index contributed by atoms with van der Waals surface area (Å²) >= 11 is 0. The molecule has 1 aliphatic heterocycles. The zero-order valence-corrected chi connectivity index (χ0v) is 13.7. The largest absolute Gasteiger partial charge is 0.489 e. The molecule has 2 rings (SSSR count). The Balaban J connectivity index is 1.91. The molecule has 1 saturated heterocycles. The lowest BCUT2D eigenvalue weighted by Crippen LogP contribution is -2.44. The summed E-state index contributed by atoms with van der Waals surface area (Å²) in [5, 5.41) is 9.17. The van der Waals surface area contributed by atoms with Crippen molar-refractivity contribution in [2.45, 2.75) is 45.3 Å². The van der Waals surface area contributed by atoms with Gasteiger partial charge in [-0.1, -0.05) is 12.1 Å². The summed E-state index contributed by atoms with van der Waals surface area (Å²) < 4.78 is 11.2. The molecular weight excluding hydrogens is 298 g/mol. The van der Waals surface area contributed by atoms with Crippen LogP contribution in [0.5, 0.6) is 5.75 Å². The van der Waals surface area contributed by atoms with E-state index >= 15 is 0 Å². The van der Waals surface area contributed by atoms with Crippen LogP contribution in [0.1, 0.15) is 44.0 Å². The Hall–Kier alpha value is -2.24. The second kappa shape index (κ2) is 6.89. The van der Waals surface area contributed by atoms with Gasteiger partial charge in [-0.25, -0.2) is 9.59 Å². The topological polar surface area (TPSA) is 76.1 Å². The number of carbonyl (C=O) groups excluding carboxylic acids is 1. The number of carboxylic acid groups (broad SMARTS) is 1. The van der Waals surface area contributed by atoms with Gasteiger partial charge in [-0.3, -0.25) is 0 Å². The molecular formula is C17H23NO5. The highest BCUT2D eigenvalue weighted by molar-refractivity contribution is 5.90. The van der Waals surface area contributed by atoms with Gasteiger partial charge < -0.3 is 19.5 Å². The number of likely N-dealkylation sites (tertiary alicyclic amines) is 1. The Morgan fingerprint density at radius 3 is 2.35 bits per heavy atom. The van der Waals surface area contributed by atoms with Crippen molar-refractivity contribution in [3.8, 4) is 5.75 Å². The maximum atomic E-state index is 12.0. The first-order valence-corrected chi connectivity index (χ1v) is 7.73. The smallest absolute Gasteiger partial charge is 0.410 e. The van der Waals surface area contributed by atoms with Crippen LogP contribution in [0.2, 0.25) is 0 Å². The lowest BCUT2D eigenvalue weighted by molar-refractivity contribution is 0.0126. The SMILES string of the molecule is CC(C)(C)OC(=O)N1CCC(Oc2ccccc2C(=O)O)CC1. The van der Waals surface area contributed by atoms with Gasteiger partial charge >= 0.3 is 12.1 Å². The van der Waals surface area contributed by atoms with Crippen LogP contribution in [-0.2, 0) is 4.74 Å². The van der Waals surface area contributed by atoms with Crippen LogP contribution >= 0.6 is 0 Å². The van der Waals surface area contributed by atoms with Crippen LogP contribution in [0.4, 0.5) is 4.79 Å². The average Bonchev–Trinajstić information content (AvgIpc) is 2.46. The fourth-order valence-electron chi connectivity index (χ4n) is 2.41. The second-order valence-corrected chi connectivity index (χ2v) is 6.59. The molecule has 0 spiro atoms. The molecule has 0 saturated carbocycles. The van der Waals surface area contributed by atoms with E-state index in [1.54, 1.807) is 23.1 Å². The van der Waals surface area contributed by atoms with E-state index in [2.05, 4.69) is 0 Å². The van der Waals surface area contributed by atoms with Gasteiger partial charge in [-0.15, -0.1) is 0 Å². The van der Waals surface area contributed by atoms with Crippen LogP contribution in [0, 0.1) is 0 Å². The van der Waals surface area contributed by atoms with E-state index < -0.39 is 11.6 Å². The van der Waals surface area contributed by atoms with Crippen molar-refractivity contribution in [3.63, 3.8) is 0 Å². The van der Waals surface area contributed by atoms with Crippen molar-refractivity contribution >= 4 is 12.1 Å². The fraction of sp³-hybridized carbons (Fsp3) is 0.529. The van der Waals surface area contributed by atoms with E-state index in [1.807, 2.05) is 20.8 Å². The standard InChI is InChI=1S/C17H23NO5/c1-17(2,3)23-16(21)18-10-8-12(9-11-18)22-14-7-5-4-6-13(14)15(19)20/h4-7,12H,8-11H2,1-3H3,(H,19,20). The Kier molecular flexibility index (Phi) is 5.13. The van der Waals surface area contributed by atoms with E-state index in [0.717, 1.165) is 0 Å². The molecule has 126 valence electrons. The summed E-state index contributed by atoms with van der Waals surface area (Å²) in [5.41, 5.74) is -0.354. The Morgan fingerprint density at radius 2 is 1.78 bits per heavy atom. The van der Waals surface area contributed by atoms with Gasteiger partial charge in [-0.2, -0.15) is 0 Å². The zero-order chi connectivity index (χ0) is 17.0. The van der Waals surface area contributed by atoms with E-state index in [4.69, 9.17) is 14.6 Å². The van der Waals surface area contributed by atoms with E-state index in [9.17, 15) is 9.59 Å². The molecule has 0 radical (unpaired) electrons. The van der Waals surface area contributed by atoms with Gasteiger partial charge in [0.25, 0.3) is 0 Å². The lowest BCUT2D eigenvalue weighted by Gasteiger charge is -2.33. The molecule has 23 heavy (non-hydrogen) atoms. The quantitative estimate of drug-likeness (QED) is 0.925. The number of rotatable bonds is 3. The Morgan fingerprint density at radius 1 is 1.17 bits per heavy atom. The molecule has 6 heteroatoms. The average molecular weight is 321 g/mol. The van der Waals surface area contributed by atoms with Gasteiger partial charge in [0, 0.05) is 25.9 Å². The minimum absolute atomic E-state index is 0.103. The van der Waals surface area contributed by atoms with Gasteiger partial charge in [0.05, 0.1) is 0 Å². The molecule has 0 bridgehead atoms. The Labute approximate surface area is 136 Å². The molecule has 0 aliphatic carbocycles. The zero-order valence-electron chi connectivity index (χ0n) is 13.7. The number of carbonyl (C=O) groups is 2. The number of nitrogens with zero attached hydrogens (tertiary/aromatic N) is 1. The maximum absolute atomic E-state index is 12.0. The van der Waals surface area contributed by atoms with Crippen molar-refractivity contribution < 1.29 is 24.2 Å². The van der Waals surface area contributed by atoms with Gasteiger partial charge in [-0.05, 0) is 32.9 Å². The highest BCUT2D eigenvalue weighted by atomic mass is 16.6. The monoisotopic (exact) mass is 321 g/mol. The van der Waals surface area contributed by atoms with E-state index in [0.29, 0.717) is 31.7 Å². The number of para-hydroxylation sites is 1. The molecule has 1 aromatic rings. The third-order valence-corrected chi connectivity index (χ3v) is 3.50. The molecule has 1 heterocycles. The van der Waals surface area contributed by atoms with E-state index in [1.165, 1.54) is 6.07 Å². The number of hydrogen-bond acceptors (Lipinski definition) is 4. The number of aromatic carboxylic acids is 1. The summed E-state index contributed by atoms with van der Waals surface area (Å²) in [6, 6.07) is 6.59. The molecule has 1 aromatic carbocycles. The number of benzene rings is 1. The Bertz CT molecular complexity index is 571. The van der Waals surface area contributed by atoms with Crippen molar-refractivity contribution in [3.05, 3.63) is 29.8 Å². The molecule has 1 amide bonds. The third-order valence-electron chi connectivity index (χ3n) is 3.50. The van der Waals surface area contributed by atoms with Gasteiger partial charge in [0.15, 0.2) is 0 Å². The van der Waals surface area contributed by atoms with Crippen molar-refractivity contribution in [1.82, 2.24) is 4.90 Å². The number of amides is 1. The van der Waals surface area contributed by atoms with Crippen molar-refractivity contribution in [1.29, 1.82) is 0 Å². The predicted molar refractivity (Wildman–Crippen MR) is 84.9 cm³/mol. The predicted octanol–water partition coefficient (Wildman–Crippen LogP) is 3.16. The lowest BCUT2D eigenvalue weighted by atomic mass is 10.1. The first kappa shape index (κ1) is 17.1. The van der Waals surface area contributed by atoms with Crippen LogP contribution in [-0.4, -0.2) is 46.9 Å². The first-order valence-electron chi connectivity index (χ1n) is 7.73.